The topological polar surface area (TPSA) is 159 Å². The number of aliphatic carboxylic acids is 2. The standard InChI is InChI=1S/C13H23N3O6/c1-4-6(2)10(16-11(19)7(3)14)12(20)15-8(13(21)22)5-9(17)18/h6-8,10H,4-5,14H2,1-3H3,(H,15,20)(H,16,19)(H,17,18)(H,21,22). The molecule has 0 aliphatic carbocycles. The summed E-state index contributed by atoms with van der Waals surface area (Å²) in [5, 5.41) is 22.2. The molecule has 22 heavy (non-hydrogen) atoms. The number of carboxylic acids is 2. The summed E-state index contributed by atoms with van der Waals surface area (Å²) in [6, 6.07) is -3.38. The molecule has 0 aromatic rings. The second-order valence-corrected chi connectivity index (χ2v) is 5.16. The molecule has 6 N–H and O–H groups in total. The van der Waals surface area contributed by atoms with Crippen molar-refractivity contribution in [3.8, 4) is 0 Å². The Morgan fingerprint density at radius 1 is 1.05 bits per heavy atom. The van der Waals surface area contributed by atoms with E-state index in [9.17, 15) is 19.2 Å². The smallest absolute Gasteiger partial charge is 0.326 e. The molecule has 0 saturated heterocycles. The fraction of sp³-hybridized carbons (Fsp3) is 0.692. The minimum Gasteiger partial charge on any atom is -0.481 e. The molecule has 0 aliphatic heterocycles. The largest absolute Gasteiger partial charge is 0.481 e. The molecule has 0 heterocycles. The minimum atomic E-state index is -1.57. The highest BCUT2D eigenvalue weighted by Crippen LogP contribution is 2.09. The Kier molecular flexibility index (Phi) is 8.10. The normalized spacial score (nSPS) is 16.0. The van der Waals surface area contributed by atoms with Gasteiger partial charge in [-0.05, 0) is 12.8 Å². The molecule has 4 atom stereocenters. The highest BCUT2D eigenvalue weighted by molar-refractivity contribution is 5.92. The summed E-state index contributed by atoms with van der Waals surface area (Å²) in [4.78, 5) is 45.4. The fourth-order valence-electron chi connectivity index (χ4n) is 1.62. The van der Waals surface area contributed by atoms with Gasteiger partial charge in [0.25, 0.3) is 0 Å². The molecule has 126 valence electrons. The van der Waals surface area contributed by atoms with E-state index >= 15 is 0 Å². The average Bonchev–Trinajstić information content (AvgIpc) is 2.41. The van der Waals surface area contributed by atoms with Gasteiger partial charge < -0.3 is 26.6 Å². The molecule has 0 radical (unpaired) electrons. The van der Waals surface area contributed by atoms with Crippen LogP contribution in [0.3, 0.4) is 0 Å². The van der Waals surface area contributed by atoms with E-state index in [2.05, 4.69) is 10.6 Å². The quantitative estimate of drug-likeness (QED) is 0.361. The Bertz CT molecular complexity index is 437. The molecule has 0 bridgehead atoms. The number of amides is 2. The van der Waals surface area contributed by atoms with Gasteiger partial charge in [-0.15, -0.1) is 0 Å². The number of nitrogens with one attached hydrogen (secondary N) is 2. The van der Waals surface area contributed by atoms with Gasteiger partial charge in [-0.2, -0.15) is 0 Å². The number of hydrogen-bond acceptors (Lipinski definition) is 5. The van der Waals surface area contributed by atoms with Crippen LogP contribution >= 0.6 is 0 Å². The molecule has 0 aromatic heterocycles. The second-order valence-electron chi connectivity index (χ2n) is 5.16. The molecule has 0 spiro atoms. The Labute approximate surface area is 128 Å². The first-order valence-electron chi connectivity index (χ1n) is 6.91. The maximum absolute atomic E-state index is 12.2. The first-order valence-corrected chi connectivity index (χ1v) is 6.91. The van der Waals surface area contributed by atoms with Gasteiger partial charge in [-0.3, -0.25) is 14.4 Å². The van der Waals surface area contributed by atoms with Gasteiger partial charge in [0, 0.05) is 0 Å². The fourth-order valence-corrected chi connectivity index (χ4v) is 1.62. The molecule has 0 saturated carbocycles. The highest BCUT2D eigenvalue weighted by atomic mass is 16.4. The van der Waals surface area contributed by atoms with Crippen molar-refractivity contribution >= 4 is 23.8 Å². The van der Waals surface area contributed by atoms with Gasteiger partial charge in [0.15, 0.2) is 0 Å². The van der Waals surface area contributed by atoms with Crippen molar-refractivity contribution < 1.29 is 29.4 Å². The lowest BCUT2D eigenvalue weighted by atomic mass is 9.97. The summed E-state index contributed by atoms with van der Waals surface area (Å²) in [6.07, 6.45) is -0.205. The minimum absolute atomic E-state index is 0.276. The van der Waals surface area contributed by atoms with E-state index in [0.29, 0.717) is 6.42 Å². The van der Waals surface area contributed by atoms with Crippen molar-refractivity contribution in [2.45, 2.75) is 51.7 Å². The molecule has 2 amide bonds. The zero-order chi connectivity index (χ0) is 17.4. The average molecular weight is 317 g/mol. The molecular weight excluding hydrogens is 294 g/mol. The summed E-state index contributed by atoms with van der Waals surface area (Å²) < 4.78 is 0. The van der Waals surface area contributed by atoms with Crippen molar-refractivity contribution in [2.75, 3.05) is 0 Å². The lowest BCUT2D eigenvalue weighted by Gasteiger charge is -2.25. The van der Waals surface area contributed by atoms with Crippen LogP contribution in [0.25, 0.3) is 0 Å². The molecule has 0 aromatic carbocycles. The molecule has 0 aliphatic rings. The van der Waals surface area contributed by atoms with E-state index in [4.69, 9.17) is 15.9 Å². The Morgan fingerprint density at radius 3 is 1.95 bits per heavy atom. The van der Waals surface area contributed by atoms with E-state index in [1.165, 1.54) is 6.92 Å². The predicted octanol–water partition coefficient (Wildman–Crippen LogP) is -1.09. The summed E-state index contributed by atoms with van der Waals surface area (Å²) in [6.45, 7) is 4.96. The third-order valence-electron chi connectivity index (χ3n) is 3.20. The first-order chi connectivity index (χ1) is 10.1. The van der Waals surface area contributed by atoms with Crippen LogP contribution in [0.4, 0.5) is 0 Å². The van der Waals surface area contributed by atoms with Crippen LogP contribution < -0.4 is 16.4 Å². The third kappa shape index (κ3) is 6.53. The molecule has 4 unspecified atom stereocenters. The molecular formula is C13H23N3O6. The van der Waals surface area contributed by atoms with Crippen molar-refractivity contribution in [1.82, 2.24) is 10.6 Å². The van der Waals surface area contributed by atoms with Crippen LogP contribution in [-0.2, 0) is 19.2 Å². The lowest BCUT2D eigenvalue weighted by Crippen LogP contribution is -2.56. The maximum atomic E-state index is 12.2. The SMILES string of the molecule is CCC(C)C(NC(=O)C(C)N)C(=O)NC(CC(=O)O)C(=O)O. The van der Waals surface area contributed by atoms with Crippen LogP contribution in [0.1, 0.15) is 33.6 Å². The lowest BCUT2D eigenvalue weighted by molar-refractivity contribution is -0.147. The molecule has 9 heteroatoms. The van der Waals surface area contributed by atoms with E-state index in [1.807, 2.05) is 0 Å². The zero-order valence-corrected chi connectivity index (χ0v) is 12.8. The van der Waals surface area contributed by atoms with E-state index in [0.717, 1.165) is 0 Å². The van der Waals surface area contributed by atoms with Crippen LogP contribution in [0, 0.1) is 5.92 Å². The van der Waals surface area contributed by atoms with Crippen LogP contribution in [0.2, 0.25) is 0 Å². The number of hydrogen-bond donors (Lipinski definition) is 5. The van der Waals surface area contributed by atoms with Gasteiger partial charge in [0.05, 0.1) is 12.5 Å². The number of nitrogens with two attached hydrogens (primary N) is 1. The molecule has 0 fully saturated rings. The van der Waals surface area contributed by atoms with Gasteiger partial charge >= 0.3 is 11.9 Å². The van der Waals surface area contributed by atoms with E-state index < -0.39 is 48.3 Å². The Hall–Kier alpha value is -2.16. The molecule has 0 rings (SSSR count). The van der Waals surface area contributed by atoms with Gasteiger partial charge in [0.1, 0.15) is 12.1 Å². The summed E-state index contributed by atoms with van der Waals surface area (Å²) in [5.41, 5.74) is 5.43. The molecule has 9 nitrogen and oxygen atoms in total. The Balaban J connectivity index is 5.05. The van der Waals surface area contributed by atoms with Crippen molar-refractivity contribution in [3.05, 3.63) is 0 Å². The van der Waals surface area contributed by atoms with E-state index in [-0.39, 0.29) is 5.92 Å². The van der Waals surface area contributed by atoms with Crippen molar-refractivity contribution in [3.63, 3.8) is 0 Å². The zero-order valence-electron chi connectivity index (χ0n) is 12.8. The summed E-state index contributed by atoms with van der Waals surface area (Å²) in [5.74, 6) is -4.39. The van der Waals surface area contributed by atoms with E-state index in [1.54, 1.807) is 13.8 Å². The first kappa shape index (κ1) is 19.8. The maximum Gasteiger partial charge on any atom is 0.326 e. The van der Waals surface area contributed by atoms with Crippen LogP contribution in [0.15, 0.2) is 0 Å². The van der Waals surface area contributed by atoms with Gasteiger partial charge in [-0.25, -0.2) is 4.79 Å². The van der Waals surface area contributed by atoms with Crippen LogP contribution in [0.5, 0.6) is 0 Å². The Morgan fingerprint density at radius 2 is 1.59 bits per heavy atom. The number of carbonyl (C=O) groups excluding carboxylic acids is 2. The van der Waals surface area contributed by atoms with Crippen molar-refractivity contribution in [1.29, 1.82) is 0 Å². The number of carbonyl (C=O) groups is 4. The summed E-state index contributed by atoms with van der Waals surface area (Å²) in [7, 11) is 0. The van der Waals surface area contributed by atoms with Crippen molar-refractivity contribution in [2.24, 2.45) is 11.7 Å². The highest BCUT2D eigenvalue weighted by Gasteiger charge is 2.31. The van der Waals surface area contributed by atoms with Crippen LogP contribution in [-0.4, -0.2) is 52.1 Å². The number of carboxylic acid groups (broad SMARTS) is 2. The number of rotatable bonds is 9. The third-order valence-corrected chi connectivity index (χ3v) is 3.20. The van der Waals surface area contributed by atoms with Gasteiger partial charge in [0.2, 0.25) is 11.8 Å². The second kappa shape index (κ2) is 8.98. The monoisotopic (exact) mass is 317 g/mol. The summed E-state index contributed by atoms with van der Waals surface area (Å²) >= 11 is 0. The predicted molar refractivity (Wildman–Crippen MR) is 76.9 cm³/mol. The van der Waals surface area contributed by atoms with Gasteiger partial charge in [-0.1, -0.05) is 20.3 Å².